The van der Waals surface area contributed by atoms with Gasteiger partial charge in [0.25, 0.3) is 0 Å². The summed E-state index contributed by atoms with van der Waals surface area (Å²) in [5, 5.41) is 11.3. The fraction of sp³-hybridized carbons (Fsp3) is 0. The molecule has 0 aliphatic carbocycles. The van der Waals surface area contributed by atoms with Gasteiger partial charge in [-0.05, 0) is 29.8 Å². The maximum absolute atomic E-state index is 12.0. The second kappa shape index (κ2) is 4.44. The molecule has 1 N–H and O–H groups in total. The van der Waals surface area contributed by atoms with Crippen LogP contribution < -0.4 is 5.63 Å². The highest BCUT2D eigenvalue weighted by Crippen LogP contribution is 2.33. The molecule has 0 saturated heterocycles. The van der Waals surface area contributed by atoms with Crippen LogP contribution >= 0.6 is 11.6 Å². The van der Waals surface area contributed by atoms with Crippen LogP contribution in [0.3, 0.4) is 0 Å². The summed E-state index contributed by atoms with van der Waals surface area (Å²) in [6, 6.07) is 13.6. The first-order valence-corrected chi connectivity index (χ1v) is 6.05. The van der Waals surface area contributed by atoms with E-state index < -0.39 is 5.63 Å². The van der Waals surface area contributed by atoms with E-state index in [9.17, 15) is 9.90 Å². The summed E-state index contributed by atoms with van der Waals surface area (Å²) in [5.74, 6) is -0.0888. The Morgan fingerprint density at radius 1 is 1.05 bits per heavy atom. The molecule has 3 aromatic rings. The monoisotopic (exact) mass is 272 g/mol. The minimum Gasteiger partial charge on any atom is -0.506 e. The topological polar surface area (TPSA) is 50.4 Å². The van der Waals surface area contributed by atoms with Gasteiger partial charge in [-0.1, -0.05) is 35.9 Å². The van der Waals surface area contributed by atoms with Crippen LogP contribution in [-0.2, 0) is 0 Å². The Balaban J connectivity index is 2.39. The van der Waals surface area contributed by atoms with Gasteiger partial charge in [0.15, 0.2) is 0 Å². The lowest BCUT2D eigenvalue weighted by molar-refractivity contribution is 0.471. The van der Waals surface area contributed by atoms with E-state index in [1.165, 1.54) is 0 Å². The molecule has 0 saturated carbocycles. The van der Waals surface area contributed by atoms with Gasteiger partial charge >= 0.3 is 5.63 Å². The van der Waals surface area contributed by atoms with Crippen molar-refractivity contribution < 1.29 is 9.52 Å². The Labute approximate surface area is 113 Å². The quantitative estimate of drug-likeness (QED) is 0.685. The van der Waals surface area contributed by atoms with Crippen LogP contribution in [0.1, 0.15) is 0 Å². The van der Waals surface area contributed by atoms with Crippen LogP contribution in [0.5, 0.6) is 5.75 Å². The summed E-state index contributed by atoms with van der Waals surface area (Å²) >= 11 is 5.90. The average Bonchev–Trinajstić information content (AvgIpc) is 2.39. The third-order valence-electron chi connectivity index (χ3n) is 2.90. The summed E-state index contributed by atoms with van der Waals surface area (Å²) < 4.78 is 5.21. The molecule has 0 unspecified atom stereocenters. The summed E-state index contributed by atoms with van der Waals surface area (Å²) in [4.78, 5) is 12.0. The first-order valence-electron chi connectivity index (χ1n) is 5.67. The fourth-order valence-electron chi connectivity index (χ4n) is 2.03. The number of aromatic hydroxyl groups is 1. The molecule has 2 aromatic carbocycles. The zero-order chi connectivity index (χ0) is 13.4. The third-order valence-corrected chi connectivity index (χ3v) is 3.13. The molecule has 0 amide bonds. The van der Waals surface area contributed by atoms with Gasteiger partial charge in [0.05, 0.1) is 5.39 Å². The van der Waals surface area contributed by atoms with Crippen molar-refractivity contribution in [3.63, 3.8) is 0 Å². The number of para-hydroxylation sites is 1. The second-order valence-electron chi connectivity index (χ2n) is 4.12. The lowest BCUT2D eigenvalue weighted by Gasteiger charge is -2.06. The largest absolute Gasteiger partial charge is 0.506 e. The van der Waals surface area contributed by atoms with Crippen LogP contribution in [0.15, 0.2) is 57.7 Å². The first-order chi connectivity index (χ1) is 9.16. The summed E-state index contributed by atoms with van der Waals surface area (Å²) in [5.41, 5.74) is 0.431. The maximum Gasteiger partial charge on any atom is 0.347 e. The van der Waals surface area contributed by atoms with E-state index in [1.807, 2.05) is 0 Å². The number of hydrogen-bond donors (Lipinski definition) is 1. The van der Waals surface area contributed by atoms with Crippen molar-refractivity contribution in [2.45, 2.75) is 0 Å². The third kappa shape index (κ3) is 1.98. The average molecular weight is 273 g/mol. The van der Waals surface area contributed by atoms with E-state index in [-0.39, 0.29) is 11.3 Å². The number of halogens is 1. The van der Waals surface area contributed by atoms with E-state index >= 15 is 0 Å². The summed E-state index contributed by atoms with van der Waals surface area (Å²) in [6.07, 6.45) is 0. The molecule has 0 fully saturated rings. The number of hydrogen-bond acceptors (Lipinski definition) is 3. The Bertz CT molecular complexity index is 821. The summed E-state index contributed by atoms with van der Waals surface area (Å²) in [6.45, 7) is 0. The molecule has 94 valence electrons. The summed E-state index contributed by atoms with van der Waals surface area (Å²) in [7, 11) is 0. The Morgan fingerprint density at radius 3 is 2.63 bits per heavy atom. The van der Waals surface area contributed by atoms with Crippen LogP contribution in [0.4, 0.5) is 0 Å². The van der Waals surface area contributed by atoms with Gasteiger partial charge in [0.2, 0.25) is 0 Å². The van der Waals surface area contributed by atoms with Crippen molar-refractivity contribution in [1.29, 1.82) is 0 Å². The Morgan fingerprint density at radius 2 is 1.84 bits per heavy atom. The van der Waals surface area contributed by atoms with Crippen molar-refractivity contribution in [3.05, 3.63) is 64.0 Å². The molecule has 0 spiro atoms. The van der Waals surface area contributed by atoms with Crippen molar-refractivity contribution in [2.24, 2.45) is 0 Å². The second-order valence-corrected chi connectivity index (χ2v) is 4.56. The van der Waals surface area contributed by atoms with E-state index in [0.717, 1.165) is 0 Å². The molecule has 1 aromatic heterocycles. The van der Waals surface area contributed by atoms with E-state index in [1.54, 1.807) is 48.5 Å². The van der Waals surface area contributed by atoms with E-state index in [4.69, 9.17) is 16.0 Å². The van der Waals surface area contributed by atoms with E-state index in [2.05, 4.69) is 0 Å². The zero-order valence-electron chi connectivity index (χ0n) is 9.76. The number of fused-ring (bicyclic) bond motifs is 1. The van der Waals surface area contributed by atoms with E-state index in [0.29, 0.717) is 21.6 Å². The van der Waals surface area contributed by atoms with Gasteiger partial charge in [0.1, 0.15) is 16.9 Å². The number of benzene rings is 2. The van der Waals surface area contributed by atoms with Crippen molar-refractivity contribution in [1.82, 2.24) is 0 Å². The maximum atomic E-state index is 12.0. The molecule has 1 heterocycles. The molecule has 4 heteroatoms. The van der Waals surface area contributed by atoms with Gasteiger partial charge in [-0.3, -0.25) is 0 Å². The predicted octanol–water partition coefficient (Wildman–Crippen LogP) is 3.82. The van der Waals surface area contributed by atoms with Crippen molar-refractivity contribution >= 4 is 22.6 Å². The van der Waals surface area contributed by atoms with Gasteiger partial charge in [-0.15, -0.1) is 0 Å². The van der Waals surface area contributed by atoms with Crippen molar-refractivity contribution in [2.75, 3.05) is 0 Å². The van der Waals surface area contributed by atoms with Crippen LogP contribution in [0.2, 0.25) is 5.02 Å². The predicted molar refractivity (Wildman–Crippen MR) is 74.6 cm³/mol. The highest BCUT2D eigenvalue weighted by molar-refractivity contribution is 6.30. The lowest BCUT2D eigenvalue weighted by Crippen LogP contribution is -2.03. The molecule has 19 heavy (non-hydrogen) atoms. The van der Waals surface area contributed by atoms with Crippen LogP contribution in [-0.4, -0.2) is 5.11 Å². The normalized spacial score (nSPS) is 10.8. The zero-order valence-corrected chi connectivity index (χ0v) is 10.5. The molecule has 0 aliphatic rings. The smallest absolute Gasteiger partial charge is 0.347 e. The highest BCUT2D eigenvalue weighted by atomic mass is 35.5. The van der Waals surface area contributed by atoms with Crippen LogP contribution in [0, 0.1) is 0 Å². The molecule has 3 nitrogen and oxygen atoms in total. The first kappa shape index (κ1) is 11.8. The fourth-order valence-corrected chi connectivity index (χ4v) is 2.22. The Kier molecular flexibility index (Phi) is 2.76. The van der Waals surface area contributed by atoms with Crippen LogP contribution in [0.25, 0.3) is 22.1 Å². The molecule has 0 atom stereocenters. The minimum absolute atomic E-state index is 0.0888. The molecule has 0 aliphatic heterocycles. The number of rotatable bonds is 1. The minimum atomic E-state index is -0.585. The van der Waals surface area contributed by atoms with Gasteiger partial charge < -0.3 is 9.52 Å². The SMILES string of the molecule is O=c1oc2ccccc2c(O)c1-c1cccc(Cl)c1. The molecule has 0 bridgehead atoms. The lowest BCUT2D eigenvalue weighted by atomic mass is 10.0. The standard InChI is InChI=1S/C15H9ClO3/c16-10-5-3-4-9(8-10)13-14(17)11-6-1-2-7-12(11)19-15(13)18/h1-8,17H. The Hall–Kier alpha value is -2.26. The molecular formula is C15H9ClO3. The van der Waals surface area contributed by atoms with Gasteiger partial charge in [0, 0.05) is 5.02 Å². The molecular weight excluding hydrogens is 264 g/mol. The highest BCUT2D eigenvalue weighted by Gasteiger charge is 2.15. The molecule has 3 rings (SSSR count). The van der Waals surface area contributed by atoms with Crippen molar-refractivity contribution in [3.8, 4) is 16.9 Å². The van der Waals surface area contributed by atoms with Gasteiger partial charge in [-0.2, -0.15) is 0 Å². The van der Waals surface area contributed by atoms with Gasteiger partial charge in [-0.25, -0.2) is 4.79 Å². The molecule has 0 radical (unpaired) electrons.